The molecule has 1 fully saturated rings. The van der Waals surface area contributed by atoms with Crippen molar-refractivity contribution in [2.45, 2.75) is 0 Å². The lowest BCUT2D eigenvalue weighted by Crippen LogP contribution is -2.27. The number of carbonyl (C=O) groups is 2. The summed E-state index contributed by atoms with van der Waals surface area (Å²) in [6.45, 7) is 0.621. The number of rotatable bonds is 6. The zero-order chi connectivity index (χ0) is 19.9. The first-order valence-corrected chi connectivity index (χ1v) is 9.79. The number of halogens is 2. The second-order valence-corrected chi connectivity index (χ2v) is 7.35. The molecule has 1 aliphatic heterocycles. The number of hydrogen-bond acceptors (Lipinski definition) is 5. The number of aliphatic imine (C=N–C) groups is 1. The first-order chi connectivity index (χ1) is 13.5. The summed E-state index contributed by atoms with van der Waals surface area (Å²) in [7, 11) is 0. The minimum atomic E-state index is -0.414. The van der Waals surface area contributed by atoms with E-state index in [4.69, 9.17) is 27.9 Å². The molecule has 6 nitrogen and oxygen atoms in total. The Hall–Kier alpha value is -2.48. The van der Waals surface area contributed by atoms with Gasteiger partial charge in [-0.3, -0.25) is 9.59 Å². The van der Waals surface area contributed by atoms with Gasteiger partial charge in [0.2, 0.25) is 5.91 Å². The molecule has 0 radical (unpaired) electrons. The van der Waals surface area contributed by atoms with E-state index >= 15 is 0 Å². The highest BCUT2D eigenvalue weighted by molar-refractivity contribution is 8.18. The van der Waals surface area contributed by atoms with Crippen LogP contribution in [0.3, 0.4) is 0 Å². The Morgan fingerprint density at radius 3 is 2.57 bits per heavy atom. The van der Waals surface area contributed by atoms with Gasteiger partial charge in [-0.15, -0.1) is 0 Å². The van der Waals surface area contributed by atoms with Gasteiger partial charge in [0, 0.05) is 6.08 Å². The van der Waals surface area contributed by atoms with Crippen molar-refractivity contribution in [1.29, 1.82) is 0 Å². The third-order valence-corrected chi connectivity index (χ3v) is 5.00. The van der Waals surface area contributed by atoms with E-state index in [1.807, 2.05) is 30.3 Å². The van der Waals surface area contributed by atoms with Crippen molar-refractivity contribution in [3.63, 3.8) is 0 Å². The van der Waals surface area contributed by atoms with E-state index in [0.717, 1.165) is 17.5 Å². The molecule has 2 aromatic carbocycles. The third kappa shape index (κ3) is 5.51. The Bertz CT molecular complexity index is 928. The number of para-hydroxylation sites is 2. The van der Waals surface area contributed by atoms with E-state index in [0.29, 0.717) is 34.1 Å². The summed E-state index contributed by atoms with van der Waals surface area (Å²) in [5, 5.41) is 6.28. The number of amidine groups is 1. The average molecular weight is 436 g/mol. The molecule has 2 N–H and O–H groups in total. The standard InChI is InChI=1S/C19H15Cl2N3O3S/c20-13-7-4-8-14(21)17(13)23-19-24-18(26)15(28-19)11-16(25)22-9-10-27-12-5-2-1-3-6-12/h1-8,11H,9-10H2,(H,22,25)(H,23,24,26). The number of thioether (sulfide) groups is 1. The van der Waals surface area contributed by atoms with E-state index in [2.05, 4.69) is 15.6 Å². The monoisotopic (exact) mass is 435 g/mol. The predicted octanol–water partition coefficient (Wildman–Crippen LogP) is 3.92. The lowest BCUT2D eigenvalue weighted by molar-refractivity contribution is -0.118. The minimum absolute atomic E-state index is 0.225. The number of carbonyl (C=O) groups excluding carboxylic acids is 2. The van der Waals surface area contributed by atoms with Crippen LogP contribution in [0.15, 0.2) is 64.5 Å². The number of amides is 2. The van der Waals surface area contributed by atoms with Crippen molar-refractivity contribution >= 4 is 57.6 Å². The second-order valence-electron chi connectivity index (χ2n) is 5.50. The molecule has 1 heterocycles. The number of benzene rings is 2. The Morgan fingerprint density at radius 2 is 1.86 bits per heavy atom. The van der Waals surface area contributed by atoms with E-state index in [9.17, 15) is 9.59 Å². The van der Waals surface area contributed by atoms with Gasteiger partial charge in [0.15, 0.2) is 5.17 Å². The summed E-state index contributed by atoms with van der Waals surface area (Å²) in [4.78, 5) is 28.5. The van der Waals surface area contributed by atoms with Crippen LogP contribution >= 0.6 is 35.0 Å². The molecule has 2 aromatic rings. The van der Waals surface area contributed by atoms with Crippen LogP contribution < -0.4 is 15.4 Å². The molecule has 1 saturated heterocycles. The first-order valence-electron chi connectivity index (χ1n) is 8.22. The molecule has 28 heavy (non-hydrogen) atoms. The van der Waals surface area contributed by atoms with Crippen molar-refractivity contribution in [2.75, 3.05) is 13.2 Å². The largest absolute Gasteiger partial charge is 0.492 e. The third-order valence-electron chi connectivity index (χ3n) is 3.48. The number of hydrogen-bond donors (Lipinski definition) is 2. The molecular weight excluding hydrogens is 421 g/mol. The van der Waals surface area contributed by atoms with E-state index in [1.165, 1.54) is 6.08 Å². The van der Waals surface area contributed by atoms with Gasteiger partial charge in [-0.25, -0.2) is 4.99 Å². The van der Waals surface area contributed by atoms with Gasteiger partial charge in [-0.1, -0.05) is 47.5 Å². The van der Waals surface area contributed by atoms with Crippen LogP contribution in [0.2, 0.25) is 10.0 Å². The summed E-state index contributed by atoms with van der Waals surface area (Å²) < 4.78 is 5.49. The zero-order valence-corrected chi connectivity index (χ0v) is 16.8. The molecule has 9 heteroatoms. The fraction of sp³-hybridized carbons (Fsp3) is 0.105. The van der Waals surface area contributed by atoms with Crippen molar-refractivity contribution in [3.05, 3.63) is 69.6 Å². The van der Waals surface area contributed by atoms with Crippen LogP contribution in [-0.4, -0.2) is 30.1 Å². The van der Waals surface area contributed by atoms with Gasteiger partial charge in [0.1, 0.15) is 18.0 Å². The lowest BCUT2D eigenvalue weighted by atomic mass is 10.3. The molecule has 144 valence electrons. The highest BCUT2D eigenvalue weighted by atomic mass is 35.5. The average Bonchev–Trinajstić information content (AvgIpc) is 3.02. The maximum Gasteiger partial charge on any atom is 0.264 e. The maximum absolute atomic E-state index is 12.0. The normalized spacial score (nSPS) is 16.3. The first kappa shape index (κ1) is 20.3. The summed E-state index contributed by atoms with van der Waals surface area (Å²) in [5.74, 6) is -0.0890. The molecule has 0 unspecified atom stereocenters. The summed E-state index contributed by atoms with van der Waals surface area (Å²) >= 11 is 13.2. The van der Waals surface area contributed by atoms with Crippen molar-refractivity contribution in [1.82, 2.24) is 10.6 Å². The maximum atomic E-state index is 12.0. The topological polar surface area (TPSA) is 79.8 Å². The summed E-state index contributed by atoms with van der Waals surface area (Å²) in [5.41, 5.74) is 0.359. The van der Waals surface area contributed by atoms with Crippen LogP contribution in [0, 0.1) is 0 Å². The van der Waals surface area contributed by atoms with Crippen LogP contribution in [0.25, 0.3) is 0 Å². The molecule has 1 aliphatic rings. The van der Waals surface area contributed by atoms with Crippen molar-refractivity contribution in [2.24, 2.45) is 4.99 Å². The smallest absolute Gasteiger partial charge is 0.264 e. The Balaban J connectivity index is 1.55. The zero-order valence-electron chi connectivity index (χ0n) is 14.4. The quantitative estimate of drug-likeness (QED) is 0.532. The van der Waals surface area contributed by atoms with Crippen molar-refractivity contribution < 1.29 is 14.3 Å². The molecule has 0 aromatic heterocycles. The van der Waals surface area contributed by atoms with Crippen LogP contribution in [0.1, 0.15) is 0 Å². The van der Waals surface area contributed by atoms with Crippen LogP contribution in [0.4, 0.5) is 5.69 Å². The van der Waals surface area contributed by atoms with E-state index in [-0.39, 0.29) is 4.91 Å². The van der Waals surface area contributed by atoms with Gasteiger partial charge in [-0.2, -0.15) is 0 Å². The highest BCUT2D eigenvalue weighted by Gasteiger charge is 2.25. The molecule has 0 atom stereocenters. The number of nitrogens with zero attached hydrogens (tertiary/aromatic N) is 1. The van der Waals surface area contributed by atoms with Gasteiger partial charge in [0.05, 0.1) is 21.5 Å². The Labute approximate surface area is 176 Å². The highest BCUT2D eigenvalue weighted by Crippen LogP contribution is 2.35. The molecule has 3 rings (SSSR count). The van der Waals surface area contributed by atoms with Crippen LogP contribution in [0.5, 0.6) is 5.75 Å². The molecule has 2 amide bonds. The van der Waals surface area contributed by atoms with Crippen molar-refractivity contribution in [3.8, 4) is 5.75 Å². The molecule has 0 saturated carbocycles. The van der Waals surface area contributed by atoms with Gasteiger partial charge in [0.25, 0.3) is 5.91 Å². The summed E-state index contributed by atoms with van der Waals surface area (Å²) in [6, 6.07) is 14.3. The second kappa shape index (κ2) is 9.64. The molecule has 0 aliphatic carbocycles. The fourth-order valence-corrected chi connectivity index (χ4v) is 3.49. The molecular formula is C19H15Cl2N3O3S. The van der Waals surface area contributed by atoms with Gasteiger partial charge < -0.3 is 15.4 Å². The number of nitrogens with one attached hydrogen (secondary N) is 2. The SMILES string of the molecule is O=C(C=C1SC(=Nc2c(Cl)cccc2Cl)NC1=O)NCCOc1ccccc1. The fourth-order valence-electron chi connectivity index (χ4n) is 2.21. The van der Waals surface area contributed by atoms with Gasteiger partial charge >= 0.3 is 0 Å². The number of ether oxygens (including phenoxy) is 1. The minimum Gasteiger partial charge on any atom is -0.492 e. The Morgan fingerprint density at radius 1 is 1.14 bits per heavy atom. The predicted molar refractivity (Wildman–Crippen MR) is 112 cm³/mol. The van der Waals surface area contributed by atoms with E-state index in [1.54, 1.807) is 18.2 Å². The molecule has 0 bridgehead atoms. The van der Waals surface area contributed by atoms with Crippen LogP contribution in [-0.2, 0) is 9.59 Å². The summed E-state index contributed by atoms with van der Waals surface area (Å²) in [6.07, 6.45) is 1.22. The van der Waals surface area contributed by atoms with E-state index < -0.39 is 11.8 Å². The van der Waals surface area contributed by atoms with Gasteiger partial charge in [-0.05, 0) is 36.0 Å². The lowest BCUT2D eigenvalue weighted by Gasteiger charge is -2.06. The Kier molecular flexibility index (Phi) is 6.97. The molecule has 0 spiro atoms.